The molecule has 1 fully saturated rings. The number of carbonyl (C=O) groups is 3. The van der Waals surface area contributed by atoms with Gasteiger partial charge in [-0.25, -0.2) is 9.59 Å². The van der Waals surface area contributed by atoms with Crippen LogP contribution in [-0.2, 0) is 28.6 Å². The standard InChI is InChI=1S/C16H18N2O9/c1-8(19)25-7-11-5-12(26-9(2)20)15(27-11)18-6-10(3-4-13(21)22)14(23)17-16(18)24/h3-4,6,11-12,15H,5,7H2,1-2H3,(H,21,22)(H,17,23,24)/t11-,12+,15+/m0/s1. The molecule has 0 amide bonds. The number of esters is 2. The molecule has 0 saturated carbocycles. The number of carboxylic acid groups (broad SMARTS) is 1. The van der Waals surface area contributed by atoms with Crippen molar-refractivity contribution in [1.82, 2.24) is 9.55 Å². The van der Waals surface area contributed by atoms with Crippen LogP contribution < -0.4 is 11.2 Å². The zero-order chi connectivity index (χ0) is 20.1. The van der Waals surface area contributed by atoms with E-state index < -0.39 is 47.6 Å². The first-order valence-electron chi connectivity index (χ1n) is 7.90. The maximum atomic E-state index is 12.2. The van der Waals surface area contributed by atoms with Crippen molar-refractivity contribution in [1.29, 1.82) is 0 Å². The summed E-state index contributed by atoms with van der Waals surface area (Å²) in [5, 5.41) is 8.69. The minimum absolute atomic E-state index is 0.104. The van der Waals surface area contributed by atoms with Crippen LogP contribution in [0.15, 0.2) is 21.9 Å². The maximum Gasteiger partial charge on any atom is 0.330 e. The maximum absolute atomic E-state index is 12.2. The number of nitrogens with one attached hydrogen (secondary N) is 1. The molecule has 1 aliphatic rings. The highest BCUT2D eigenvalue weighted by Crippen LogP contribution is 2.30. The molecule has 1 aromatic rings. The Morgan fingerprint density at radius 3 is 2.63 bits per heavy atom. The van der Waals surface area contributed by atoms with Crippen LogP contribution in [0.5, 0.6) is 0 Å². The first kappa shape index (κ1) is 20.1. The summed E-state index contributed by atoms with van der Waals surface area (Å²) in [5.74, 6) is -2.40. The highest BCUT2D eigenvalue weighted by atomic mass is 16.6. The van der Waals surface area contributed by atoms with Crippen molar-refractivity contribution in [2.45, 2.75) is 38.7 Å². The molecule has 0 spiro atoms. The van der Waals surface area contributed by atoms with E-state index in [1.54, 1.807) is 0 Å². The van der Waals surface area contributed by atoms with Crippen LogP contribution in [0.2, 0.25) is 0 Å². The second kappa shape index (κ2) is 8.45. The summed E-state index contributed by atoms with van der Waals surface area (Å²) in [6.45, 7) is 2.31. The number of carbonyl (C=O) groups excluding carboxylic acids is 2. The second-order valence-corrected chi connectivity index (χ2v) is 5.76. The molecule has 11 heteroatoms. The third-order valence-electron chi connectivity index (χ3n) is 3.61. The van der Waals surface area contributed by atoms with Gasteiger partial charge >= 0.3 is 23.6 Å². The Kier molecular flexibility index (Phi) is 6.29. The van der Waals surface area contributed by atoms with Crippen molar-refractivity contribution in [2.24, 2.45) is 0 Å². The van der Waals surface area contributed by atoms with Crippen LogP contribution in [0, 0.1) is 0 Å². The molecule has 1 saturated heterocycles. The molecule has 0 bridgehead atoms. The Labute approximate surface area is 152 Å². The Hall–Kier alpha value is -3.21. The predicted molar refractivity (Wildman–Crippen MR) is 88.7 cm³/mol. The largest absolute Gasteiger partial charge is 0.478 e. The molecular formula is C16H18N2O9. The smallest absolute Gasteiger partial charge is 0.330 e. The summed E-state index contributed by atoms with van der Waals surface area (Å²) >= 11 is 0. The van der Waals surface area contributed by atoms with Crippen molar-refractivity contribution in [3.05, 3.63) is 38.7 Å². The van der Waals surface area contributed by atoms with Crippen LogP contribution >= 0.6 is 0 Å². The molecule has 2 rings (SSSR count). The third-order valence-corrected chi connectivity index (χ3v) is 3.61. The molecule has 0 unspecified atom stereocenters. The van der Waals surface area contributed by atoms with E-state index in [0.29, 0.717) is 0 Å². The lowest BCUT2D eigenvalue weighted by molar-refractivity contribution is -0.153. The topological polar surface area (TPSA) is 154 Å². The molecule has 2 N–H and O–H groups in total. The van der Waals surface area contributed by atoms with Gasteiger partial charge in [-0.1, -0.05) is 0 Å². The van der Waals surface area contributed by atoms with Gasteiger partial charge in [0.2, 0.25) is 0 Å². The first-order chi connectivity index (χ1) is 12.7. The van der Waals surface area contributed by atoms with Crippen molar-refractivity contribution in [3.63, 3.8) is 0 Å². The summed E-state index contributed by atoms with van der Waals surface area (Å²) in [6, 6.07) is 0. The molecule has 11 nitrogen and oxygen atoms in total. The van der Waals surface area contributed by atoms with Gasteiger partial charge in [0.15, 0.2) is 6.23 Å². The minimum Gasteiger partial charge on any atom is -0.478 e. The minimum atomic E-state index is -1.27. The monoisotopic (exact) mass is 382 g/mol. The van der Waals surface area contributed by atoms with E-state index in [-0.39, 0.29) is 18.6 Å². The zero-order valence-electron chi connectivity index (χ0n) is 14.5. The number of aliphatic carboxylic acids is 1. The predicted octanol–water partition coefficient (Wildman–Crippen LogP) is -0.583. The lowest BCUT2D eigenvalue weighted by atomic mass is 10.2. The van der Waals surface area contributed by atoms with E-state index in [1.165, 1.54) is 13.8 Å². The first-order valence-corrected chi connectivity index (χ1v) is 7.90. The van der Waals surface area contributed by atoms with Gasteiger partial charge in [0.05, 0.1) is 11.7 Å². The fraction of sp³-hybridized carbons (Fsp3) is 0.438. The van der Waals surface area contributed by atoms with Crippen LogP contribution in [0.3, 0.4) is 0 Å². The molecule has 3 atom stereocenters. The van der Waals surface area contributed by atoms with E-state index in [1.807, 2.05) is 4.98 Å². The zero-order valence-corrected chi connectivity index (χ0v) is 14.5. The average molecular weight is 382 g/mol. The molecule has 0 aromatic carbocycles. The SMILES string of the molecule is CC(=O)OC[C@@H]1C[C@@H](OC(C)=O)[C@H](n2cc(C=CC(=O)O)c(=O)[nH]c2=O)O1. The summed E-state index contributed by atoms with van der Waals surface area (Å²) < 4.78 is 16.7. The number of hydrogen-bond acceptors (Lipinski definition) is 8. The van der Waals surface area contributed by atoms with Crippen LogP contribution in [0.1, 0.15) is 32.1 Å². The molecule has 0 aliphatic carbocycles. The van der Waals surface area contributed by atoms with Gasteiger partial charge in [0.1, 0.15) is 12.7 Å². The highest BCUT2D eigenvalue weighted by Gasteiger charge is 2.40. The molecule has 27 heavy (non-hydrogen) atoms. The molecule has 1 aromatic heterocycles. The van der Waals surface area contributed by atoms with Gasteiger partial charge < -0.3 is 19.3 Å². The van der Waals surface area contributed by atoms with Gasteiger partial charge in [0.25, 0.3) is 5.56 Å². The summed E-state index contributed by atoms with van der Waals surface area (Å²) in [5.41, 5.74) is -1.72. The number of aromatic amines is 1. The molecule has 0 radical (unpaired) electrons. The highest BCUT2D eigenvalue weighted by molar-refractivity contribution is 5.85. The van der Waals surface area contributed by atoms with E-state index in [0.717, 1.165) is 22.9 Å². The van der Waals surface area contributed by atoms with Gasteiger partial charge in [-0.05, 0) is 6.08 Å². The number of ether oxygens (including phenoxy) is 3. The summed E-state index contributed by atoms with van der Waals surface area (Å²) in [4.78, 5) is 59.0. The van der Waals surface area contributed by atoms with Gasteiger partial charge in [-0.3, -0.25) is 23.9 Å². The Bertz CT molecular complexity index is 883. The molecular weight excluding hydrogens is 364 g/mol. The quantitative estimate of drug-likeness (QED) is 0.485. The van der Waals surface area contributed by atoms with Crippen molar-refractivity contribution in [3.8, 4) is 0 Å². The fourth-order valence-corrected chi connectivity index (χ4v) is 2.57. The number of hydrogen-bond donors (Lipinski definition) is 2. The Balaban J connectivity index is 2.36. The van der Waals surface area contributed by atoms with E-state index in [2.05, 4.69) is 0 Å². The average Bonchev–Trinajstić information content (AvgIpc) is 2.94. The summed E-state index contributed by atoms with van der Waals surface area (Å²) in [7, 11) is 0. The van der Waals surface area contributed by atoms with Crippen molar-refractivity contribution in [2.75, 3.05) is 6.61 Å². The van der Waals surface area contributed by atoms with Gasteiger partial charge in [-0.2, -0.15) is 0 Å². The molecule has 1 aliphatic heterocycles. The number of nitrogens with zero attached hydrogens (tertiary/aromatic N) is 1. The molecule has 146 valence electrons. The van der Waals surface area contributed by atoms with Gasteiger partial charge in [-0.15, -0.1) is 0 Å². The van der Waals surface area contributed by atoms with Crippen LogP contribution in [-0.4, -0.2) is 51.4 Å². The van der Waals surface area contributed by atoms with Crippen LogP contribution in [0.25, 0.3) is 6.08 Å². The normalized spacial score (nSPS) is 21.9. The molecule has 2 heterocycles. The lowest BCUT2D eigenvalue weighted by Crippen LogP contribution is -2.37. The number of rotatable bonds is 6. The summed E-state index contributed by atoms with van der Waals surface area (Å²) in [6.07, 6.45) is 0.420. The van der Waals surface area contributed by atoms with Gasteiger partial charge in [0, 0.05) is 32.5 Å². The van der Waals surface area contributed by atoms with Crippen LogP contribution in [0.4, 0.5) is 0 Å². The van der Waals surface area contributed by atoms with Crippen molar-refractivity contribution >= 4 is 24.0 Å². The van der Waals surface area contributed by atoms with Crippen molar-refractivity contribution < 1.29 is 33.7 Å². The van der Waals surface area contributed by atoms with E-state index >= 15 is 0 Å². The van der Waals surface area contributed by atoms with E-state index in [4.69, 9.17) is 19.3 Å². The second-order valence-electron chi connectivity index (χ2n) is 5.76. The fourth-order valence-electron chi connectivity index (χ4n) is 2.57. The number of carboxylic acids is 1. The number of aromatic nitrogens is 2. The Morgan fingerprint density at radius 2 is 2.04 bits per heavy atom. The third kappa shape index (κ3) is 5.38. The number of H-pyrrole nitrogens is 1. The Morgan fingerprint density at radius 1 is 1.33 bits per heavy atom. The van der Waals surface area contributed by atoms with E-state index in [9.17, 15) is 24.0 Å². The lowest BCUT2D eigenvalue weighted by Gasteiger charge is -2.20.